The van der Waals surface area contributed by atoms with Crippen LogP contribution in [0.25, 0.3) is 0 Å². The maximum absolute atomic E-state index is 13.1. The van der Waals surface area contributed by atoms with Crippen LogP contribution in [0.1, 0.15) is 57.6 Å². The summed E-state index contributed by atoms with van der Waals surface area (Å²) in [7, 11) is 1.81. The van der Waals surface area contributed by atoms with Gasteiger partial charge in [-0.2, -0.15) is 9.97 Å². The lowest BCUT2D eigenvalue weighted by Crippen LogP contribution is -2.55. The van der Waals surface area contributed by atoms with E-state index in [0.29, 0.717) is 23.8 Å². The standard InChI is InChI=1S/C26H32N8O/c1-4-20-24(35)33(3)21-16-28-26(32-23(21)34(20)19-12-8-9-13-19)31-22-14-15-27-25(30-22)29-17(2)18-10-6-5-7-11-18/h5-7,10-11,14-17,19-20H,4,8-9,12-13H2,1-3H3,(H2,27,28,29,30,31,32)/t17-,20+/m0/s1. The highest BCUT2D eigenvalue weighted by atomic mass is 16.2. The largest absolute Gasteiger partial charge is 0.348 e. The molecule has 1 saturated carbocycles. The number of carbonyl (C=O) groups is 1. The first-order chi connectivity index (χ1) is 17.0. The van der Waals surface area contributed by atoms with Crippen molar-refractivity contribution in [3.05, 3.63) is 54.4 Å². The van der Waals surface area contributed by atoms with Gasteiger partial charge in [0, 0.05) is 19.3 Å². The predicted octanol–water partition coefficient (Wildman–Crippen LogP) is 4.69. The maximum atomic E-state index is 13.1. The number of hydrogen-bond donors (Lipinski definition) is 2. The number of fused-ring (bicyclic) bond motifs is 1. The molecule has 1 aromatic carbocycles. The smallest absolute Gasteiger partial charge is 0.249 e. The summed E-state index contributed by atoms with van der Waals surface area (Å²) in [6.07, 6.45) is 8.72. The number of anilines is 5. The molecule has 0 spiro atoms. The second kappa shape index (κ2) is 9.85. The van der Waals surface area contributed by atoms with E-state index in [2.05, 4.69) is 56.5 Å². The molecule has 9 heteroatoms. The average molecular weight is 473 g/mol. The third-order valence-electron chi connectivity index (χ3n) is 6.95. The van der Waals surface area contributed by atoms with Gasteiger partial charge in [0.15, 0.2) is 5.82 Å². The molecule has 2 N–H and O–H groups in total. The van der Waals surface area contributed by atoms with Crippen molar-refractivity contribution < 1.29 is 4.79 Å². The van der Waals surface area contributed by atoms with Crippen LogP contribution < -0.4 is 20.4 Å². The molecule has 2 aliphatic rings. The van der Waals surface area contributed by atoms with Crippen molar-refractivity contribution >= 4 is 35.1 Å². The Morgan fingerprint density at radius 1 is 1.06 bits per heavy atom. The van der Waals surface area contributed by atoms with E-state index in [0.717, 1.165) is 36.3 Å². The third-order valence-corrected chi connectivity index (χ3v) is 6.95. The zero-order valence-electron chi connectivity index (χ0n) is 20.5. The first kappa shape index (κ1) is 23.0. The molecule has 0 radical (unpaired) electrons. The van der Waals surface area contributed by atoms with Crippen LogP contribution in [0.15, 0.2) is 48.8 Å². The third kappa shape index (κ3) is 4.62. The number of nitrogens with zero attached hydrogens (tertiary/aromatic N) is 6. The molecule has 2 aromatic heterocycles. The highest BCUT2D eigenvalue weighted by Crippen LogP contribution is 2.39. The predicted molar refractivity (Wildman–Crippen MR) is 138 cm³/mol. The van der Waals surface area contributed by atoms with Gasteiger partial charge in [0.25, 0.3) is 0 Å². The van der Waals surface area contributed by atoms with Crippen molar-refractivity contribution in [2.24, 2.45) is 0 Å². The number of nitrogens with one attached hydrogen (secondary N) is 2. The van der Waals surface area contributed by atoms with Crippen molar-refractivity contribution in [3.8, 4) is 0 Å². The number of carbonyl (C=O) groups excluding carboxylic acids is 1. The fourth-order valence-electron chi connectivity index (χ4n) is 5.07. The van der Waals surface area contributed by atoms with Gasteiger partial charge < -0.3 is 20.4 Å². The van der Waals surface area contributed by atoms with Crippen LogP contribution in [0, 0.1) is 0 Å². The van der Waals surface area contributed by atoms with Crippen LogP contribution in [0.5, 0.6) is 0 Å². The molecule has 3 aromatic rings. The minimum Gasteiger partial charge on any atom is -0.348 e. The van der Waals surface area contributed by atoms with Crippen molar-refractivity contribution in [1.82, 2.24) is 19.9 Å². The minimum absolute atomic E-state index is 0.0606. The fourth-order valence-corrected chi connectivity index (χ4v) is 5.07. The lowest BCUT2D eigenvalue weighted by molar-refractivity contribution is -0.120. The molecular weight excluding hydrogens is 440 g/mol. The fraction of sp³-hybridized carbons (Fsp3) is 0.423. The monoisotopic (exact) mass is 472 g/mol. The molecule has 1 aliphatic heterocycles. The quantitative estimate of drug-likeness (QED) is 0.511. The second-order valence-corrected chi connectivity index (χ2v) is 9.24. The molecular formula is C26H32N8O. The van der Waals surface area contributed by atoms with Gasteiger partial charge in [-0.05, 0) is 37.8 Å². The van der Waals surface area contributed by atoms with Gasteiger partial charge in [0.2, 0.25) is 17.8 Å². The zero-order valence-corrected chi connectivity index (χ0v) is 20.5. The van der Waals surface area contributed by atoms with Gasteiger partial charge in [-0.1, -0.05) is 50.1 Å². The molecule has 0 bridgehead atoms. The van der Waals surface area contributed by atoms with Crippen molar-refractivity contribution in [1.29, 1.82) is 0 Å². The molecule has 0 unspecified atom stereocenters. The van der Waals surface area contributed by atoms with Gasteiger partial charge in [-0.25, -0.2) is 9.97 Å². The normalized spacial score (nSPS) is 18.9. The molecule has 182 valence electrons. The maximum Gasteiger partial charge on any atom is 0.249 e. The Kier molecular flexibility index (Phi) is 6.48. The first-order valence-electron chi connectivity index (χ1n) is 12.4. The highest BCUT2D eigenvalue weighted by molar-refractivity contribution is 6.04. The SMILES string of the molecule is CC[C@@H]1C(=O)N(C)c2cnc(Nc3ccnc(N[C@@H](C)c4ccccc4)n3)nc2N1C1CCCC1. The van der Waals surface area contributed by atoms with E-state index >= 15 is 0 Å². The number of hydrogen-bond acceptors (Lipinski definition) is 8. The van der Waals surface area contributed by atoms with Gasteiger partial charge in [0.05, 0.1) is 12.2 Å². The van der Waals surface area contributed by atoms with E-state index in [1.165, 1.54) is 12.8 Å². The van der Waals surface area contributed by atoms with Crippen LogP contribution in [-0.2, 0) is 4.79 Å². The first-order valence-corrected chi connectivity index (χ1v) is 12.4. The molecule has 0 saturated heterocycles. The van der Waals surface area contributed by atoms with Crippen LogP contribution in [0.2, 0.25) is 0 Å². The molecule has 35 heavy (non-hydrogen) atoms. The summed E-state index contributed by atoms with van der Waals surface area (Å²) in [5.41, 5.74) is 1.91. The van der Waals surface area contributed by atoms with E-state index in [-0.39, 0.29) is 18.0 Å². The second-order valence-electron chi connectivity index (χ2n) is 9.24. The van der Waals surface area contributed by atoms with Crippen LogP contribution >= 0.6 is 0 Å². The van der Waals surface area contributed by atoms with Gasteiger partial charge in [-0.3, -0.25) is 4.79 Å². The molecule has 3 heterocycles. The number of aromatic nitrogens is 4. The summed E-state index contributed by atoms with van der Waals surface area (Å²) in [6.45, 7) is 4.14. The molecule has 1 aliphatic carbocycles. The van der Waals surface area contributed by atoms with Gasteiger partial charge in [-0.15, -0.1) is 0 Å². The summed E-state index contributed by atoms with van der Waals surface area (Å²) in [6, 6.07) is 12.2. The Hall–Kier alpha value is -3.75. The Bertz CT molecular complexity index is 1180. The molecule has 2 atom stereocenters. The topological polar surface area (TPSA) is 99.2 Å². The molecule has 9 nitrogen and oxygen atoms in total. The van der Waals surface area contributed by atoms with E-state index < -0.39 is 0 Å². The summed E-state index contributed by atoms with van der Waals surface area (Å²) < 4.78 is 0. The molecule has 1 fully saturated rings. The van der Waals surface area contributed by atoms with Crippen LogP contribution in [-0.4, -0.2) is 45.0 Å². The molecule has 5 rings (SSSR count). The van der Waals surface area contributed by atoms with Gasteiger partial charge >= 0.3 is 0 Å². The Morgan fingerprint density at radius 2 is 1.83 bits per heavy atom. The molecule has 1 amide bonds. The Labute approximate surface area is 206 Å². The van der Waals surface area contributed by atoms with Crippen LogP contribution in [0.4, 0.5) is 29.2 Å². The zero-order chi connectivity index (χ0) is 24.4. The lowest BCUT2D eigenvalue weighted by Gasteiger charge is -2.43. The number of benzene rings is 1. The van der Waals surface area contributed by atoms with E-state index in [1.54, 1.807) is 23.4 Å². The summed E-state index contributed by atoms with van der Waals surface area (Å²) >= 11 is 0. The van der Waals surface area contributed by atoms with Crippen LogP contribution in [0.3, 0.4) is 0 Å². The summed E-state index contributed by atoms with van der Waals surface area (Å²) in [5, 5.41) is 6.58. The number of rotatable bonds is 7. The van der Waals surface area contributed by atoms with Crippen molar-refractivity contribution in [3.63, 3.8) is 0 Å². The highest BCUT2D eigenvalue weighted by Gasteiger charge is 2.41. The Morgan fingerprint density at radius 3 is 2.57 bits per heavy atom. The van der Waals surface area contributed by atoms with Crippen molar-refractivity contribution in [2.45, 2.75) is 64.1 Å². The lowest BCUT2D eigenvalue weighted by atomic mass is 10.0. The average Bonchev–Trinajstić information content (AvgIpc) is 3.41. The van der Waals surface area contributed by atoms with E-state index in [1.807, 2.05) is 25.2 Å². The van der Waals surface area contributed by atoms with Crippen molar-refractivity contribution in [2.75, 3.05) is 27.5 Å². The number of amides is 1. The Balaban J connectivity index is 1.40. The number of likely N-dealkylation sites (N-methyl/N-ethyl adjacent to an activating group) is 1. The van der Waals surface area contributed by atoms with Gasteiger partial charge in [0.1, 0.15) is 17.5 Å². The van der Waals surface area contributed by atoms with E-state index in [4.69, 9.17) is 4.98 Å². The summed E-state index contributed by atoms with van der Waals surface area (Å²) in [4.78, 5) is 35.4. The van der Waals surface area contributed by atoms with E-state index in [9.17, 15) is 4.79 Å². The summed E-state index contributed by atoms with van der Waals surface area (Å²) in [5.74, 6) is 2.49. The minimum atomic E-state index is -0.201.